The lowest BCUT2D eigenvalue weighted by atomic mass is 10.0. The summed E-state index contributed by atoms with van der Waals surface area (Å²) in [6.07, 6.45) is -0.166. The highest BCUT2D eigenvalue weighted by molar-refractivity contribution is 5.42. The smallest absolute Gasteiger partial charge is 0.133 e. The second-order valence-electron chi connectivity index (χ2n) is 5.49. The zero-order valence-corrected chi connectivity index (χ0v) is 13.8. The molecule has 1 saturated heterocycles. The standard InChI is InChI=1S/C18H22N2O4/c1-3-23-13-7-8-15(16(21)10-13)18-17(11-19-20-18)24-14-6-4-5-12(9-14)22-2/h4-10,17-21H,3,11H2,1-2H3. The third-order valence-corrected chi connectivity index (χ3v) is 3.91. The molecule has 2 aromatic rings. The Morgan fingerprint density at radius 3 is 2.71 bits per heavy atom. The fourth-order valence-corrected chi connectivity index (χ4v) is 2.76. The van der Waals surface area contributed by atoms with E-state index in [0.29, 0.717) is 18.9 Å². The van der Waals surface area contributed by atoms with Gasteiger partial charge in [0.2, 0.25) is 0 Å². The molecule has 0 saturated carbocycles. The van der Waals surface area contributed by atoms with Gasteiger partial charge < -0.3 is 19.3 Å². The van der Waals surface area contributed by atoms with Gasteiger partial charge in [0.1, 0.15) is 29.1 Å². The van der Waals surface area contributed by atoms with Gasteiger partial charge in [0.25, 0.3) is 0 Å². The second kappa shape index (κ2) is 7.42. The Balaban J connectivity index is 1.77. The van der Waals surface area contributed by atoms with E-state index >= 15 is 0 Å². The van der Waals surface area contributed by atoms with Gasteiger partial charge in [-0.3, -0.25) is 5.43 Å². The summed E-state index contributed by atoms with van der Waals surface area (Å²) in [5, 5.41) is 10.3. The lowest BCUT2D eigenvalue weighted by Crippen LogP contribution is -2.28. The highest BCUT2D eigenvalue weighted by atomic mass is 16.5. The molecule has 6 heteroatoms. The molecule has 0 aliphatic carbocycles. The molecule has 2 atom stereocenters. The first-order valence-corrected chi connectivity index (χ1v) is 7.96. The first-order valence-electron chi connectivity index (χ1n) is 7.96. The molecule has 0 amide bonds. The molecule has 0 spiro atoms. The van der Waals surface area contributed by atoms with Crippen molar-refractivity contribution < 1.29 is 19.3 Å². The molecule has 0 aromatic heterocycles. The van der Waals surface area contributed by atoms with Crippen LogP contribution in [0.25, 0.3) is 0 Å². The predicted molar refractivity (Wildman–Crippen MR) is 90.6 cm³/mol. The van der Waals surface area contributed by atoms with Gasteiger partial charge in [-0.2, -0.15) is 0 Å². The fourth-order valence-electron chi connectivity index (χ4n) is 2.76. The van der Waals surface area contributed by atoms with Crippen LogP contribution in [-0.2, 0) is 0 Å². The highest BCUT2D eigenvalue weighted by Gasteiger charge is 2.32. The van der Waals surface area contributed by atoms with Crippen molar-refractivity contribution in [1.82, 2.24) is 10.9 Å². The topological polar surface area (TPSA) is 72.0 Å². The first kappa shape index (κ1) is 16.4. The summed E-state index contributed by atoms with van der Waals surface area (Å²) in [5.41, 5.74) is 7.01. The normalized spacial score (nSPS) is 19.9. The zero-order valence-electron chi connectivity index (χ0n) is 13.8. The number of ether oxygens (including phenoxy) is 3. The van der Waals surface area contributed by atoms with Crippen LogP contribution in [0.1, 0.15) is 18.5 Å². The maximum Gasteiger partial charge on any atom is 0.133 e. The van der Waals surface area contributed by atoms with Gasteiger partial charge in [-0.05, 0) is 31.2 Å². The van der Waals surface area contributed by atoms with Crippen molar-refractivity contribution >= 4 is 0 Å². The van der Waals surface area contributed by atoms with Crippen LogP contribution in [0, 0.1) is 0 Å². The lowest BCUT2D eigenvalue weighted by Gasteiger charge is -2.21. The molecule has 128 valence electrons. The summed E-state index contributed by atoms with van der Waals surface area (Å²) >= 11 is 0. The van der Waals surface area contributed by atoms with E-state index in [4.69, 9.17) is 14.2 Å². The summed E-state index contributed by atoms with van der Waals surface area (Å²) in [4.78, 5) is 0. The molecule has 2 aromatic carbocycles. The van der Waals surface area contributed by atoms with Crippen LogP contribution in [-0.4, -0.2) is 31.5 Å². The van der Waals surface area contributed by atoms with Crippen LogP contribution in [0.5, 0.6) is 23.0 Å². The maximum atomic E-state index is 10.3. The number of nitrogens with one attached hydrogen (secondary N) is 2. The molecule has 2 unspecified atom stereocenters. The van der Waals surface area contributed by atoms with Crippen LogP contribution in [0.2, 0.25) is 0 Å². The Hall–Kier alpha value is -2.44. The Labute approximate surface area is 141 Å². The number of phenols is 1. The minimum absolute atomic E-state index is 0.166. The third kappa shape index (κ3) is 3.55. The monoisotopic (exact) mass is 330 g/mol. The Bertz CT molecular complexity index is 692. The van der Waals surface area contributed by atoms with Gasteiger partial charge in [-0.25, -0.2) is 5.43 Å². The van der Waals surface area contributed by atoms with E-state index < -0.39 is 0 Å². The van der Waals surface area contributed by atoms with E-state index in [9.17, 15) is 5.11 Å². The van der Waals surface area contributed by atoms with Crippen molar-refractivity contribution in [3.63, 3.8) is 0 Å². The average molecular weight is 330 g/mol. The molecule has 0 radical (unpaired) electrons. The van der Waals surface area contributed by atoms with Gasteiger partial charge in [0.05, 0.1) is 19.8 Å². The van der Waals surface area contributed by atoms with Crippen molar-refractivity contribution in [3.05, 3.63) is 48.0 Å². The summed E-state index contributed by atoms with van der Waals surface area (Å²) < 4.78 is 16.7. The number of hydrazine groups is 1. The number of hydrogen-bond acceptors (Lipinski definition) is 6. The summed E-state index contributed by atoms with van der Waals surface area (Å²) in [7, 11) is 1.62. The highest BCUT2D eigenvalue weighted by Crippen LogP contribution is 2.33. The molecule has 3 rings (SSSR count). The minimum Gasteiger partial charge on any atom is -0.507 e. The van der Waals surface area contributed by atoms with Crippen LogP contribution in [0.4, 0.5) is 0 Å². The summed E-state index contributed by atoms with van der Waals surface area (Å²) in [5.74, 6) is 2.29. The number of phenolic OH excluding ortho intramolecular Hbond substituents is 1. The molecule has 1 heterocycles. The van der Waals surface area contributed by atoms with E-state index in [1.807, 2.05) is 43.3 Å². The minimum atomic E-state index is -0.174. The molecule has 6 nitrogen and oxygen atoms in total. The van der Waals surface area contributed by atoms with Crippen LogP contribution >= 0.6 is 0 Å². The fraction of sp³-hybridized carbons (Fsp3) is 0.333. The molecular formula is C18H22N2O4. The predicted octanol–water partition coefficient (Wildman–Crippen LogP) is 2.40. The first-order chi connectivity index (χ1) is 11.7. The Kier molecular flexibility index (Phi) is 5.08. The van der Waals surface area contributed by atoms with Gasteiger partial charge in [0.15, 0.2) is 0 Å². The molecule has 3 N–H and O–H groups in total. The SMILES string of the molecule is CCOc1ccc(C2NNCC2Oc2cccc(OC)c2)c(O)c1. The maximum absolute atomic E-state index is 10.3. The zero-order chi connectivity index (χ0) is 16.9. The second-order valence-corrected chi connectivity index (χ2v) is 5.49. The Morgan fingerprint density at radius 1 is 1.12 bits per heavy atom. The number of methoxy groups -OCH3 is 1. The summed E-state index contributed by atoms with van der Waals surface area (Å²) in [6.45, 7) is 3.09. The molecule has 1 aliphatic heterocycles. The van der Waals surface area contributed by atoms with Gasteiger partial charge in [-0.15, -0.1) is 0 Å². The van der Waals surface area contributed by atoms with Crippen molar-refractivity contribution in [2.24, 2.45) is 0 Å². The van der Waals surface area contributed by atoms with E-state index in [-0.39, 0.29) is 17.9 Å². The van der Waals surface area contributed by atoms with Gasteiger partial charge >= 0.3 is 0 Å². The van der Waals surface area contributed by atoms with Crippen molar-refractivity contribution in [2.45, 2.75) is 19.1 Å². The van der Waals surface area contributed by atoms with E-state index in [1.165, 1.54) is 0 Å². The molecular weight excluding hydrogens is 308 g/mol. The largest absolute Gasteiger partial charge is 0.507 e. The number of benzene rings is 2. The van der Waals surface area contributed by atoms with Crippen molar-refractivity contribution in [3.8, 4) is 23.0 Å². The Morgan fingerprint density at radius 2 is 1.96 bits per heavy atom. The quantitative estimate of drug-likeness (QED) is 0.755. The third-order valence-electron chi connectivity index (χ3n) is 3.91. The van der Waals surface area contributed by atoms with Crippen LogP contribution in [0.15, 0.2) is 42.5 Å². The number of hydrogen-bond donors (Lipinski definition) is 3. The van der Waals surface area contributed by atoms with Gasteiger partial charge in [0, 0.05) is 24.2 Å². The van der Waals surface area contributed by atoms with E-state index in [2.05, 4.69) is 10.9 Å². The summed E-state index contributed by atoms with van der Waals surface area (Å²) in [6, 6.07) is 12.6. The van der Waals surface area contributed by atoms with Gasteiger partial charge in [-0.1, -0.05) is 6.07 Å². The molecule has 1 fully saturated rings. The lowest BCUT2D eigenvalue weighted by molar-refractivity contribution is 0.195. The average Bonchev–Trinajstić information content (AvgIpc) is 3.03. The van der Waals surface area contributed by atoms with E-state index in [1.54, 1.807) is 13.2 Å². The molecule has 24 heavy (non-hydrogen) atoms. The van der Waals surface area contributed by atoms with Crippen LogP contribution < -0.4 is 25.1 Å². The molecule has 1 aliphatic rings. The van der Waals surface area contributed by atoms with Crippen molar-refractivity contribution in [2.75, 3.05) is 20.3 Å². The number of rotatable bonds is 6. The molecule has 0 bridgehead atoms. The van der Waals surface area contributed by atoms with Crippen LogP contribution in [0.3, 0.4) is 0 Å². The van der Waals surface area contributed by atoms with Crippen molar-refractivity contribution in [1.29, 1.82) is 0 Å². The number of aromatic hydroxyl groups is 1. The van der Waals surface area contributed by atoms with E-state index in [0.717, 1.165) is 17.1 Å².